The van der Waals surface area contributed by atoms with Gasteiger partial charge in [0.2, 0.25) is 5.91 Å². The second-order valence-electron chi connectivity index (χ2n) is 7.88. The van der Waals surface area contributed by atoms with E-state index in [0.717, 1.165) is 43.6 Å². The van der Waals surface area contributed by atoms with Gasteiger partial charge in [-0.05, 0) is 55.2 Å². The van der Waals surface area contributed by atoms with E-state index in [0.29, 0.717) is 18.6 Å². The van der Waals surface area contributed by atoms with E-state index in [9.17, 15) is 22.8 Å². The third-order valence-corrected chi connectivity index (χ3v) is 5.29. The number of alkyl halides is 3. The molecule has 1 heterocycles. The molecule has 0 spiro atoms. The highest BCUT2D eigenvalue weighted by molar-refractivity contribution is 5.94. The van der Waals surface area contributed by atoms with Crippen molar-refractivity contribution in [1.82, 2.24) is 10.2 Å². The molecule has 1 saturated heterocycles. The second kappa shape index (κ2) is 11.1. The van der Waals surface area contributed by atoms with Gasteiger partial charge in [0, 0.05) is 25.2 Å². The zero-order chi connectivity index (χ0) is 23.8. The van der Waals surface area contributed by atoms with E-state index in [2.05, 4.69) is 10.6 Å². The van der Waals surface area contributed by atoms with Crippen molar-refractivity contribution in [2.75, 3.05) is 31.6 Å². The molecule has 0 atom stereocenters. The van der Waals surface area contributed by atoms with E-state index in [1.165, 1.54) is 6.07 Å². The fourth-order valence-corrected chi connectivity index (χ4v) is 3.49. The predicted molar refractivity (Wildman–Crippen MR) is 119 cm³/mol. The molecule has 3 rings (SSSR count). The van der Waals surface area contributed by atoms with Gasteiger partial charge in [0.05, 0.1) is 24.4 Å². The minimum atomic E-state index is -4.50. The number of likely N-dealkylation sites (tertiary alicyclic amines) is 1. The van der Waals surface area contributed by atoms with Crippen LogP contribution >= 0.6 is 0 Å². The highest BCUT2D eigenvalue weighted by Crippen LogP contribution is 2.35. The van der Waals surface area contributed by atoms with Crippen molar-refractivity contribution in [3.8, 4) is 5.75 Å². The highest BCUT2D eigenvalue weighted by Gasteiger charge is 2.31. The van der Waals surface area contributed by atoms with Crippen LogP contribution in [0.15, 0.2) is 42.5 Å². The summed E-state index contributed by atoms with van der Waals surface area (Å²) >= 11 is 0. The molecule has 33 heavy (non-hydrogen) atoms. The summed E-state index contributed by atoms with van der Waals surface area (Å²) in [5.41, 5.74) is 0.709. The van der Waals surface area contributed by atoms with Gasteiger partial charge in [0.25, 0.3) is 5.91 Å². The van der Waals surface area contributed by atoms with E-state index in [1.54, 1.807) is 24.3 Å². The molecule has 178 valence electrons. The molecular weight excluding hydrogens is 435 g/mol. The van der Waals surface area contributed by atoms with Gasteiger partial charge in [-0.15, -0.1) is 0 Å². The summed E-state index contributed by atoms with van der Waals surface area (Å²) in [6, 6.07) is 10.2. The van der Waals surface area contributed by atoms with Crippen molar-refractivity contribution in [3.05, 3.63) is 59.2 Å². The van der Waals surface area contributed by atoms with Gasteiger partial charge in [-0.3, -0.25) is 9.59 Å². The van der Waals surface area contributed by atoms with Crippen LogP contribution in [0.4, 0.5) is 18.9 Å². The molecule has 2 aromatic rings. The normalized spacial score (nSPS) is 13.6. The first-order chi connectivity index (χ1) is 15.8. The van der Waals surface area contributed by atoms with Crippen LogP contribution < -0.4 is 15.4 Å². The molecule has 9 heteroatoms. The smallest absolute Gasteiger partial charge is 0.416 e. The van der Waals surface area contributed by atoms with Crippen LogP contribution in [0, 0.1) is 0 Å². The van der Waals surface area contributed by atoms with E-state index in [4.69, 9.17) is 4.74 Å². The lowest BCUT2D eigenvalue weighted by atomic mass is 10.1. The van der Waals surface area contributed by atoms with Crippen LogP contribution in [0.2, 0.25) is 0 Å². The Hall–Kier alpha value is -3.23. The molecule has 0 aliphatic carbocycles. The van der Waals surface area contributed by atoms with E-state index in [1.807, 2.05) is 11.8 Å². The Morgan fingerprint density at radius 1 is 1.06 bits per heavy atom. The van der Waals surface area contributed by atoms with E-state index in [-0.39, 0.29) is 36.3 Å². The largest absolute Gasteiger partial charge is 0.491 e. The second-order valence-corrected chi connectivity index (χ2v) is 7.88. The molecule has 0 bridgehead atoms. The van der Waals surface area contributed by atoms with Gasteiger partial charge in [-0.1, -0.05) is 19.1 Å². The number of benzene rings is 2. The Balaban J connectivity index is 1.54. The first kappa shape index (κ1) is 24.4. The van der Waals surface area contributed by atoms with Crippen molar-refractivity contribution in [1.29, 1.82) is 0 Å². The maximum absolute atomic E-state index is 13.1. The van der Waals surface area contributed by atoms with Gasteiger partial charge in [-0.2, -0.15) is 13.2 Å². The molecule has 2 aromatic carbocycles. The zero-order valence-corrected chi connectivity index (χ0v) is 18.5. The third kappa shape index (κ3) is 6.87. The van der Waals surface area contributed by atoms with E-state index < -0.39 is 11.7 Å². The average Bonchev–Trinajstić information content (AvgIpc) is 3.34. The number of anilines is 1. The van der Waals surface area contributed by atoms with Crippen molar-refractivity contribution < 1.29 is 27.5 Å². The molecule has 0 unspecified atom stereocenters. The fraction of sp³-hybridized carbons (Fsp3) is 0.417. The monoisotopic (exact) mass is 463 g/mol. The Labute approximate surface area is 191 Å². The lowest BCUT2D eigenvalue weighted by Crippen LogP contribution is -2.29. The van der Waals surface area contributed by atoms with Crippen molar-refractivity contribution in [3.63, 3.8) is 0 Å². The first-order valence-corrected chi connectivity index (χ1v) is 11.0. The van der Waals surface area contributed by atoms with Gasteiger partial charge in [-0.25, -0.2) is 0 Å². The minimum Gasteiger partial charge on any atom is -0.491 e. The Kier molecular flexibility index (Phi) is 8.19. The Bertz CT molecular complexity index is 956. The topological polar surface area (TPSA) is 70.7 Å². The van der Waals surface area contributed by atoms with Crippen LogP contribution in [0.25, 0.3) is 0 Å². The summed E-state index contributed by atoms with van der Waals surface area (Å²) in [5, 5.41) is 5.46. The summed E-state index contributed by atoms with van der Waals surface area (Å²) in [6.07, 6.45) is -1.75. The number of ether oxygens (including phenoxy) is 1. The number of nitrogens with zero attached hydrogens (tertiary/aromatic N) is 1. The first-order valence-electron chi connectivity index (χ1n) is 11.0. The van der Waals surface area contributed by atoms with Crippen LogP contribution in [-0.4, -0.2) is 43.0 Å². The number of carbonyl (C=O) groups excluding carboxylic acids is 2. The summed E-state index contributed by atoms with van der Waals surface area (Å²) in [4.78, 5) is 26.5. The molecule has 0 radical (unpaired) electrons. The SMILES string of the molecule is CCCOc1ccc(C(F)(F)F)cc1NCC(=O)NCc1ccc(C(=O)N2CCCC2)cc1. The Morgan fingerprint density at radius 3 is 2.39 bits per heavy atom. The fourth-order valence-electron chi connectivity index (χ4n) is 3.49. The van der Waals surface area contributed by atoms with Crippen molar-refractivity contribution in [2.45, 2.75) is 38.9 Å². The summed E-state index contributed by atoms with van der Waals surface area (Å²) < 4.78 is 44.7. The summed E-state index contributed by atoms with van der Waals surface area (Å²) in [6.45, 7) is 3.82. The van der Waals surface area contributed by atoms with Crippen LogP contribution in [-0.2, 0) is 17.5 Å². The molecule has 2 N–H and O–H groups in total. The summed E-state index contributed by atoms with van der Waals surface area (Å²) in [5.74, 6) is -0.114. The highest BCUT2D eigenvalue weighted by atomic mass is 19.4. The number of rotatable bonds is 9. The van der Waals surface area contributed by atoms with Gasteiger partial charge in [0.1, 0.15) is 5.75 Å². The van der Waals surface area contributed by atoms with Crippen molar-refractivity contribution >= 4 is 17.5 Å². The zero-order valence-electron chi connectivity index (χ0n) is 18.5. The summed E-state index contributed by atoms with van der Waals surface area (Å²) in [7, 11) is 0. The number of amides is 2. The van der Waals surface area contributed by atoms with Crippen molar-refractivity contribution in [2.24, 2.45) is 0 Å². The molecule has 1 aliphatic rings. The number of halogens is 3. The van der Waals surface area contributed by atoms with Crippen LogP contribution in [0.1, 0.15) is 47.7 Å². The molecule has 6 nitrogen and oxygen atoms in total. The number of hydrogen-bond donors (Lipinski definition) is 2. The third-order valence-electron chi connectivity index (χ3n) is 5.29. The van der Waals surface area contributed by atoms with Crippen LogP contribution in [0.5, 0.6) is 5.75 Å². The molecule has 1 fully saturated rings. The molecule has 2 amide bonds. The van der Waals surface area contributed by atoms with Crippen LogP contribution in [0.3, 0.4) is 0 Å². The van der Waals surface area contributed by atoms with Gasteiger partial charge < -0.3 is 20.3 Å². The quantitative estimate of drug-likeness (QED) is 0.576. The minimum absolute atomic E-state index is 0.00877. The number of hydrogen-bond acceptors (Lipinski definition) is 4. The maximum atomic E-state index is 13.1. The van der Waals surface area contributed by atoms with Gasteiger partial charge in [0.15, 0.2) is 0 Å². The number of carbonyl (C=O) groups is 2. The van der Waals surface area contributed by atoms with Gasteiger partial charge >= 0.3 is 6.18 Å². The number of nitrogens with one attached hydrogen (secondary N) is 2. The maximum Gasteiger partial charge on any atom is 0.416 e. The Morgan fingerprint density at radius 2 is 1.76 bits per heavy atom. The molecular formula is C24H28F3N3O3. The standard InChI is InChI=1S/C24H28F3N3O3/c1-2-13-33-21-10-9-19(24(25,26)27)14-20(21)28-16-22(31)29-15-17-5-7-18(8-6-17)23(32)30-11-3-4-12-30/h5-10,14,28H,2-4,11-13,15-16H2,1H3,(H,29,31). The molecule has 0 saturated carbocycles. The van der Waals surface area contributed by atoms with E-state index >= 15 is 0 Å². The average molecular weight is 464 g/mol. The molecule has 0 aromatic heterocycles. The molecule has 1 aliphatic heterocycles. The lowest BCUT2D eigenvalue weighted by molar-refractivity contribution is -0.137. The lowest BCUT2D eigenvalue weighted by Gasteiger charge is -2.16. The predicted octanol–water partition coefficient (Wildman–Crippen LogP) is 4.46.